The lowest BCUT2D eigenvalue weighted by Crippen LogP contribution is -2.46. The number of nitrogens with zero attached hydrogens (tertiary/aromatic N) is 4. The second-order valence-corrected chi connectivity index (χ2v) is 8.16. The number of guanidine groups is 4. The lowest BCUT2D eigenvalue weighted by atomic mass is 10.2. The predicted octanol–water partition coefficient (Wildman–Crippen LogP) is 3.28. The fraction of sp³-hybridized carbons (Fsp3) is 0.273. The van der Waals surface area contributed by atoms with Crippen LogP contribution in [0.15, 0.2) is 58.5 Å². The van der Waals surface area contributed by atoms with E-state index in [9.17, 15) is 0 Å². The molecule has 0 bridgehead atoms. The Morgan fingerprint density at radius 3 is 1.24 bits per heavy atom. The smallest absolute Gasteiger partial charge is 0.202 e. The van der Waals surface area contributed by atoms with Crippen molar-refractivity contribution in [2.24, 2.45) is 32.9 Å². The van der Waals surface area contributed by atoms with E-state index in [1.807, 2.05) is 0 Å². The third kappa shape index (κ3) is 8.13. The number of hydrogen-bond acceptors (Lipinski definition) is 4. The van der Waals surface area contributed by atoms with Crippen molar-refractivity contribution in [3.63, 3.8) is 0 Å². The van der Waals surface area contributed by atoms with Gasteiger partial charge in [0.2, 0.25) is 11.9 Å². The topological polar surface area (TPSA) is 183 Å². The molecule has 10 nitrogen and oxygen atoms in total. The van der Waals surface area contributed by atoms with Crippen LogP contribution in [0.4, 0.5) is 11.4 Å². The molecule has 0 aliphatic heterocycles. The minimum absolute atomic E-state index is 0.152. The molecule has 0 aliphatic carbocycles. The molecule has 0 unspecified atom stereocenters. The summed E-state index contributed by atoms with van der Waals surface area (Å²) in [6.07, 6.45) is 3.47. The van der Waals surface area contributed by atoms with Gasteiger partial charge in [-0.15, -0.1) is 0 Å². The molecular formula is C22H30Cl2N10. The van der Waals surface area contributed by atoms with Crippen molar-refractivity contribution >= 4 is 58.4 Å². The number of unbranched alkanes of at least 4 members (excludes halogenated alkanes) is 3. The third-order valence-corrected chi connectivity index (χ3v) is 5.23. The van der Waals surface area contributed by atoms with Crippen molar-refractivity contribution in [2.45, 2.75) is 25.7 Å². The highest BCUT2D eigenvalue weighted by molar-refractivity contribution is 6.31. The van der Waals surface area contributed by atoms with Gasteiger partial charge in [-0.25, -0.2) is 0 Å². The average Bonchev–Trinajstić information content (AvgIpc) is 2.78. The predicted molar refractivity (Wildman–Crippen MR) is 143 cm³/mol. The molecule has 0 aliphatic rings. The van der Waals surface area contributed by atoms with Gasteiger partial charge in [0, 0.05) is 23.1 Å². The molecule has 2 aromatic carbocycles. The van der Waals surface area contributed by atoms with Gasteiger partial charge < -0.3 is 22.9 Å². The van der Waals surface area contributed by atoms with Crippen LogP contribution in [0.1, 0.15) is 25.7 Å². The van der Waals surface area contributed by atoms with Gasteiger partial charge in [0.05, 0.1) is 11.4 Å². The lowest BCUT2D eigenvalue weighted by Gasteiger charge is -2.21. The number of benzene rings is 2. The van der Waals surface area contributed by atoms with E-state index < -0.39 is 0 Å². The van der Waals surface area contributed by atoms with Crippen molar-refractivity contribution in [3.8, 4) is 0 Å². The van der Waals surface area contributed by atoms with Crippen LogP contribution in [0.5, 0.6) is 0 Å². The average molecular weight is 505 g/mol. The van der Waals surface area contributed by atoms with Crippen LogP contribution in [-0.4, -0.2) is 36.9 Å². The first-order valence-corrected chi connectivity index (χ1v) is 11.4. The molecule has 0 aromatic heterocycles. The molecule has 0 saturated carbocycles. The van der Waals surface area contributed by atoms with Crippen molar-refractivity contribution in [3.05, 3.63) is 58.6 Å². The summed E-state index contributed by atoms with van der Waals surface area (Å²) >= 11 is 11.8. The van der Waals surface area contributed by atoms with Crippen LogP contribution < -0.4 is 32.7 Å². The number of rotatable bonds is 9. The van der Waals surface area contributed by atoms with Crippen LogP contribution in [0.25, 0.3) is 0 Å². The fourth-order valence-corrected chi connectivity index (χ4v) is 3.33. The SMILES string of the molecule is N=C(N)N(C(N)=NCCCCCCN=C(N)N(C(=N)N)c1ccc(Cl)cc1)c1ccc(Cl)cc1. The van der Waals surface area contributed by atoms with E-state index in [1.54, 1.807) is 48.5 Å². The highest BCUT2D eigenvalue weighted by Crippen LogP contribution is 2.18. The highest BCUT2D eigenvalue weighted by Gasteiger charge is 2.14. The van der Waals surface area contributed by atoms with Crippen LogP contribution in [0.2, 0.25) is 10.0 Å². The lowest BCUT2D eigenvalue weighted by molar-refractivity contribution is 0.653. The standard InChI is InChI=1S/C22H30Cl2N10/c23-15-5-9-17(10-6-15)33(19(25)26)21(29)31-13-3-1-2-4-14-32-22(30)34(20(27)28)18-11-7-16(24)8-12-18/h5-12H,1-4,13-14H2,(H3,25,26)(H3,27,28)(H2,29,31)(H2,30,32). The van der Waals surface area contributed by atoms with Crippen molar-refractivity contribution in [2.75, 3.05) is 22.9 Å². The number of hydrogen-bond donors (Lipinski definition) is 6. The minimum Gasteiger partial charge on any atom is -0.369 e. The summed E-state index contributed by atoms with van der Waals surface area (Å²) in [6, 6.07) is 13.7. The number of aliphatic imine (C=N–C) groups is 2. The van der Waals surface area contributed by atoms with E-state index in [2.05, 4.69) is 9.98 Å². The quantitative estimate of drug-likeness (QED) is 0.173. The maximum Gasteiger partial charge on any atom is 0.202 e. The van der Waals surface area contributed by atoms with E-state index >= 15 is 0 Å². The van der Waals surface area contributed by atoms with Crippen molar-refractivity contribution in [1.82, 2.24) is 0 Å². The van der Waals surface area contributed by atoms with Gasteiger partial charge in [0.25, 0.3) is 0 Å². The Hall–Kier alpha value is -3.50. The second-order valence-electron chi connectivity index (χ2n) is 7.29. The van der Waals surface area contributed by atoms with E-state index in [-0.39, 0.29) is 23.8 Å². The first-order valence-electron chi connectivity index (χ1n) is 10.6. The summed E-state index contributed by atoms with van der Waals surface area (Å²) in [5.74, 6) is -0.146. The summed E-state index contributed by atoms with van der Waals surface area (Å²) in [5.41, 5.74) is 24.7. The molecule has 0 spiro atoms. The Labute approximate surface area is 209 Å². The van der Waals surface area contributed by atoms with Gasteiger partial charge in [0.15, 0.2) is 11.9 Å². The molecule has 12 heteroatoms. The van der Waals surface area contributed by atoms with Gasteiger partial charge in [-0.2, -0.15) is 0 Å². The number of nitrogens with two attached hydrogens (primary N) is 4. The largest absolute Gasteiger partial charge is 0.369 e. The summed E-state index contributed by atoms with van der Waals surface area (Å²) in [4.78, 5) is 11.4. The first-order chi connectivity index (χ1) is 16.2. The minimum atomic E-state index is -0.225. The molecule has 0 radical (unpaired) electrons. The summed E-state index contributed by atoms with van der Waals surface area (Å²) in [5, 5.41) is 16.7. The van der Waals surface area contributed by atoms with E-state index in [0.29, 0.717) is 34.5 Å². The molecule has 34 heavy (non-hydrogen) atoms. The maximum absolute atomic E-state index is 7.78. The molecule has 2 aromatic rings. The summed E-state index contributed by atoms with van der Waals surface area (Å²) in [7, 11) is 0. The van der Waals surface area contributed by atoms with E-state index in [1.165, 1.54) is 9.80 Å². The zero-order valence-corrected chi connectivity index (χ0v) is 20.2. The Bertz CT molecular complexity index is 935. The Balaban J connectivity index is 1.78. The Morgan fingerprint density at radius 2 is 0.941 bits per heavy atom. The summed E-state index contributed by atoms with van der Waals surface area (Å²) in [6.45, 7) is 1.01. The first kappa shape index (κ1) is 26.7. The molecule has 0 amide bonds. The van der Waals surface area contributed by atoms with Crippen LogP contribution in [0.3, 0.4) is 0 Å². The molecule has 0 saturated heterocycles. The van der Waals surface area contributed by atoms with Crippen molar-refractivity contribution < 1.29 is 0 Å². The zero-order valence-electron chi connectivity index (χ0n) is 18.7. The highest BCUT2D eigenvalue weighted by atomic mass is 35.5. The number of anilines is 2. The Kier molecular flexibility index (Phi) is 10.4. The summed E-state index contributed by atoms with van der Waals surface area (Å²) < 4.78 is 0. The monoisotopic (exact) mass is 504 g/mol. The molecule has 2 rings (SSSR count). The maximum atomic E-state index is 7.78. The van der Waals surface area contributed by atoms with Gasteiger partial charge in [-0.1, -0.05) is 36.0 Å². The third-order valence-electron chi connectivity index (χ3n) is 4.72. The molecular weight excluding hydrogens is 475 g/mol. The van der Waals surface area contributed by atoms with Gasteiger partial charge in [-0.05, 0) is 61.4 Å². The molecule has 182 valence electrons. The molecule has 10 N–H and O–H groups in total. The molecule has 0 heterocycles. The van der Waals surface area contributed by atoms with E-state index in [0.717, 1.165) is 25.7 Å². The number of halogens is 2. The van der Waals surface area contributed by atoms with Gasteiger partial charge in [-0.3, -0.25) is 30.6 Å². The van der Waals surface area contributed by atoms with Gasteiger partial charge >= 0.3 is 0 Å². The van der Waals surface area contributed by atoms with Crippen molar-refractivity contribution in [1.29, 1.82) is 10.8 Å². The molecule has 0 atom stereocenters. The Morgan fingerprint density at radius 1 is 0.618 bits per heavy atom. The number of nitrogens with one attached hydrogen (secondary N) is 2. The van der Waals surface area contributed by atoms with Crippen LogP contribution in [-0.2, 0) is 0 Å². The van der Waals surface area contributed by atoms with E-state index in [4.69, 9.17) is 57.0 Å². The molecule has 0 fully saturated rings. The zero-order chi connectivity index (χ0) is 25.1. The second kappa shape index (κ2) is 13.3. The normalized spacial score (nSPS) is 11.8. The van der Waals surface area contributed by atoms with Gasteiger partial charge in [0.1, 0.15) is 0 Å². The van der Waals surface area contributed by atoms with Crippen LogP contribution >= 0.6 is 23.2 Å². The van der Waals surface area contributed by atoms with Crippen LogP contribution in [0, 0.1) is 10.8 Å². The fourth-order valence-electron chi connectivity index (χ4n) is 3.08.